The van der Waals surface area contributed by atoms with Crippen LogP contribution < -0.4 is 0 Å². The average Bonchev–Trinajstić information content (AvgIpc) is 2.48. The first-order valence-electron chi connectivity index (χ1n) is 6.64. The minimum absolute atomic E-state index is 0.373. The van der Waals surface area contributed by atoms with E-state index in [1.165, 1.54) is 0 Å². The quantitative estimate of drug-likeness (QED) is 0.852. The topological polar surface area (TPSA) is 37.3 Å². The fraction of sp³-hybridized carbons (Fsp3) is 0.167. The minimum atomic E-state index is -0.771. The van der Waals surface area contributed by atoms with Gasteiger partial charge in [-0.25, -0.2) is 0 Å². The average molecular weight is 343 g/mol. The molecule has 2 aromatic carbocycles. The van der Waals surface area contributed by atoms with Gasteiger partial charge < -0.3 is 5.11 Å². The van der Waals surface area contributed by atoms with Crippen molar-refractivity contribution in [3.63, 3.8) is 0 Å². The second-order valence-corrected chi connectivity index (χ2v) is 5.72. The molecule has 106 valence electrons. The Labute approximate surface area is 133 Å². The fourth-order valence-corrected chi connectivity index (χ4v) is 2.25. The molecule has 2 nitrogen and oxygen atoms in total. The van der Waals surface area contributed by atoms with Gasteiger partial charge in [-0.2, -0.15) is 0 Å². The van der Waals surface area contributed by atoms with Gasteiger partial charge in [0.15, 0.2) is 0 Å². The Hall–Kier alpha value is -2.05. The molecule has 0 bridgehead atoms. The Kier molecular flexibility index (Phi) is 5.19. The summed E-state index contributed by atoms with van der Waals surface area (Å²) in [6.07, 6.45) is 0.535. The number of rotatable bonds is 3. The van der Waals surface area contributed by atoms with E-state index in [4.69, 9.17) is 5.11 Å². The zero-order valence-corrected chi connectivity index (χ0v) is 13.2. The van der Waals surface area contributed by atoms with Crippen LogP contribution in [0.1, 0.15) is 23.6 Å². The zero-order chi connectivity index (χ0) is 15.2. The Bertz CT molecular complexity index is 693. The highest BCUT2D eigenvalue weighted by Gasteiger charge is 2.10. The van der Waals surface area contributed by atoms with Crippen molar-refractivity contribution >= 4 is 21.9 Å². The molecule has 1 atom stereocenters. The van der Waals surface area contributed by atoms with Gasteiger partial charge in [-0.1, -0.05) is 43.0 Å². The summed E-state index contributed by atoms with van der Waals surface area (Å²) in [6.45, 7) is 1.71. The van der Waals surface area contributed by atoms with Crippen LogP contribution in [-0.4, -0.2) is 11.1 Å². The zero-order valence-electron chi connectivity index (χ0n) is 11.6. The van der Waals surface area contributed by atoms with Gasteiger partial charge in [0.2, 0.25) is 0 Å². The number of carbonyl (C=O) groups is 1. The molecule has 0 aliphatic carbocycles. The first kappa shape index (κ1) is 15.3. The van der Waals surface area contributed by atoms with Crippen LogP contribution in [0.5, 0.6) is 0 Å². The number of benzene rings is 2. The van der Waals surface area contributed by atoms with Gasteiger partial charge in [-0.05, 0) is 52.2 Å². The van der Waals surface area contributed by atoms with Crippen molar-refractivity contribution in [3.8, 4) is 11.8 Å². The lowest BCUT2D eigenvalue weighted by molar-refractivity contribution is -0.141. The van der Waals surface area contributed by atoms with E-state index in [0.717, 1.165) is 21.2 Å². The molecular weight excluding hydrogens is 328 g/mol. The summed E-state index contributed by atoms with van der Waals surface area (Å²) in [5, 5.41) is 8.91. The first-order chi connectivity index (χ1) is 10.1. The van der Waals surface area contributed by atoms with Crippen LogP contribution in [0.15, 0.2) is 53.0 Å². The Morgan fingerprint density at radius 1 is 1.14 bits per heavy atom. The Morgan fingerprint density at radius 3 is 2.43 bits per heavy atom. The molecular formula is C18H15BrO2. The van der Waals surface area contributed by atoms with E-state index in [1.54, 1.807) is 6.92 Å². The molecule has 2 rings (SSSR count). The number of halogens is 1. The molecule has 1 N–H and O–H groups in total. The second-order valence-electron chi connectivity index (χ2n) is 4.87. The van der Waals surface area contributed by atoms with Crippen molar-refractivity contribution in [2.24, 2.45) is 5.92 Å². The predicted octanol–water partition coefficient (Wildman–Crippen LogP) is 4.11. The highest BCUT2D eigenvalue weighted by Crippen LogP contribution is 2.15. The lowest BCUT2D eigenvalue weighted by Crippen LogP contribution is -2.12. The minimum Gasteiger partial charge on any atom is -0.481 e. The van der Waals surface area contributed by atoms with Crippen molar-refractivity contribution in [2.45, 2.75) is 13.3 Å². The van der Waals surface area contributed by atoms with E-state index < -0.39 is 5.97 Å². The van der Waals surface area contributed by atoms with Crippen LogP contribution in [-0.2, 0) is 11.2 Å². The maximum Gasteiger partial charge on any atom is 0.306 e. The van der Waals surface area contributed by atoms with E-state index in [0.29, 0.717) is 6.42 Å². The molecule has 0 aromatic heterocycles. The number of carboxylic acids is 1. The van der Waals surface area contributed by atoms with E-state index in [9.17, 15) is 4.79 Å². The van der Waals surface area contributed by atoms with Crippen molar-refractivity contribution in [2.75, 3.05) is 0 Å². The number of carboxylic acid groups (broad SMARTS) is 1. The van der Waals surface area contributed by atoms with Gasteiger partial charge >= 0.3 is 5.97 Å². The largest absolute Gasteiger partial charge is 0.481 e. The number of hydrogen-bond acceptors (Lipinski definition) is 1. The third-order valence-corrected chi connectivity index (χ3v) is 3.82. The Balaban J connectivity index is 2.10. The van der Waals surface area contributed by atoms with Crippen molar-refractivity contribution < 1.29 is 9.90 Å². The van der Waals surface area contributed by atoms with Gasteiger partial charge in [-0.3, -0.25) is 4.79 Å². The molecule has 0 saturated heterocycles. The van der Waals surface area contributed by atoms with Gasteiger partial charge in [0, 0.05) is 15.6 Å². The van der Waals surface area contributed by atoms with Crippen LogP contribution in [0.4, 0.5) is 0 Å². The van der Waals surface area contributed by atoms with E-state index in [1.807, 2.05) is 48.5 Å². The predicted molar refractivity (Wildman–Crippen MR) is 87.1 cm³/mol. The van der Waals surface area contributed by atoms with Gasteiger partial charge in [0.1, 0.15) is 0 Å². The summed E-state index contributed by atoms with van der Waals surface area (Å²) in [5.74, 6) is 5.08. The van der Waals surface area contributed by atoms with Crippen LogP contribution >= 0.6 is 15.9 Å². The molecule has 3 heteroatoms. The van der Waals surface area contributed by atoms with Crippen LogP contribution in [0.3, 0.4) is 0 Å². The van der Waals surface area contributed by atoms with Crippen LogP contribution in [0.25, 0.3) is 0 Å². The third kappa shape index (κ3) is 4.47. The normalized spacial score (nSPS) is 11.3. The van der Waals surface area contributed by atoms with Crippen molar-refractivity contribution in [1.29, 1.82) is 0 Å². The molecule has 0 fully saturated rings. The smallest absolute Gasteiger partial charge is 0.306 e. The van der Waals surface area contributed by atoms with Crippen LogP contribution in [0, 0.1) is 17.8 Å². The molecule has 0 heterocycles. The molecule has 0 aliphatic rings. The SMILES string of the molecule is CC(Cc1ccc(C#Cc2ccccc2Br)cc1)C(=O)O. The lowest BCUT2D eigenvalue weighted by Gasteiger charge is -2.05. The molecule has 0 amide bonds. The summed E-state index contributed by atoms with van der Waals surface area (Å²) < 4.78 is 0.976. The molecule has 0 aliphatic heterocycles. The molecule has 0 spiro atoms. The van der Waals surface area contributed by atoms with Gasteiger partial charge in [-0.15, -0.1) is 0 Å². The van der Waals surface area contributed by atoms with Gasteiger partial charge in [0.25, 0.3) is 0 Å². The molecule has 21 heavy (non-hydrogen) atoms. The van der Waals surface area contributed by atoms with E-state index in [2.05, 4.69) is 27.8 Å². The highest BCUT2D eigenvalue weighted by atomic mass is 79.9. The monoisotopic (exact) mass is 342 g/mol. The number of aliphatic carboxylic acids is 1. The molecule has 2 aromatic rings. The van der Waals surface area contributed by atoms with E-state index >= 15 is 0 Å². The third-order valence-electron chi connectivity index (χ3n) is 3.13. The maximum absolute atomic E-state index is 10.8. The summed E-state index contributed by atoms with van der Waals surface area (Å²) in [7, 11) is 0. The summed E-state index contributed by atoms with van der Waals surface area (Å²) in [6, 6.07) is 15.5. The van der Waals surface area contributed by atoms with Crippen molar-refractivity contribution in [1.82, 2.24) is 0 Å². The highest BCUT2D eigenvalue weighted by molar-refractivity contribution is 9.10. The molecule has 0 radical (unpaired) electrons. The van der Waals surface area contributed by atoms with Crippen LogP contribution in [0.2, 0.25) is 0 Å². The maximum atomic E-state index is 10.8. The summed E-state index contributed by atoms with van der Waals surface area (Å²) in [5.41, 5.74) is 2.87. The Morgan fingerprint density at radius 2 is 1.81 bits per heavy atom. The summed E-state index contributed by atoms with van der Waals surface area (Å²) in [4.78, 5) is 10.8. The first-order valence-corrected chi connectivity index (χ1v) is 7.44. The second kappa shape index (κ2) is 7.10. The molecule has 0 saturated carbocycles. The lowest BCUT2D eigenvalue weighted by atomic mass is 10.0. The molecule has 1 unspecified atom stereocenters. The standard InChI is InChI=1S/C18H15BrO2/c1-13(18(20)21)12-15-8-6-14(7-9-15)10-11-16-4-2-3-5-17(16)19/h2-9,13H,12H2,1H3,(H,20,21). The number of hydrogen-bond donors (Lipinski definition) is 1. The van der Waals surface area contributed by atoms with E-state index in [-0.39, 0.29) is 5.92 Å². The van der Waals surface area contributed by atoms with Crippen molar-refractivity contribution in [3.05, 3.63) is 69.7 Å². The summed E-state index contributed by atoms with van der Waals surface area (Å²) >= 11 is 3.46. The van der Waals surface area contributed by atoms with Gasteiger partial charge in [0.05, 0.1) is 5.92 Å². The fourth-order valence-electron chi connectivity index (χ4n) is 1.87.